The maximum atomic E-state index is 12.8. The number of hydrogen-bond donors (Lipinski definition) is 3. The van der Waals surface area contributed by atoms with Crippen LogP contribution in [0.25, 0.3) is 10.9 Å². The number of amides is 2. The number of nitrogens with one attached hydrogen (secondary N) is 2. The Bertz CT molecular complexity index is 778. The van der Waals surface area contributed by atoms with E-state index in [4.69, 9.17) is 10.5 Å². The highest BCUT2D eigenvalue weighted by atomic mass is 16.5. The van der Waals surface area contributed by atoms with Gasteiger partial charge in [-0.1, -0.05) is 6.07 Å². The molecule has 0 unspecified atom stereocenters. The van der Waals surface area contributed by atoms with Crippen LogP contribution in [0.2, 0.25) is 0 Å². The molecule has 2 amide bonds. The van der Waals surface area contributed by atoms with Crippen LogP contribution in [0.15, 0.2) is 30.5 Å². The summed E-state index contributed by atoms with van der Waals surface area (Å²) in [6.45, 7) is 1.65. The van der Waals surface area contributed by atoms with Crippen molar-refractivity contribution in [3.8, 4) is 0 Å². The molecule has 4 N–H and O–H groups in total. The van der Waals surface area contributed by atoms with Gasteiger partial charge in [0.1, 0.15) is 6.54 Å². The number of carbonyl (C=O) groups is 2. The number of rotatable bonds is 5. The van der Waals surface area contributed by atoms with Gasteiger partial charge in [-0.2, -0.15) is 0 Å². The minimum Gasteiger partial charge on any atom is -0.381 e. The first-order valence-electron chi connectivity index (χ1n) is 8.47. The molecule has 0 bridgehead atoms. The van der Waals surface area contributed by atoms with E-state index in [2.05, 4.69) is 10.6 Å². The van der Waals surface area contributed by atoms with Crippen molar-refractivity contribution in [2.75, 3.05) is 32.1 Å². The average Bonchev–Trinajstić information content (AvgIpc) is 3.04. The largest absolute Gasteiger partial charge is 0.381 e. The summed E-state index contributed by atoms with van der Waals surface area (Å²) in [5, 5.41) is 6.62. The smallest absolute Gasteiger partial charge is 0.239 e. The molecular formula is C18H24N4O3. The molecule has 134 valence electrons. The Kier molecular flexibility index (Phi) is 5.06. The molecule has 2 aromatic rings. The van der Waals surface area contributed by atoms with Crippen LogP contribution in [0.3, 0.4) is 0 Å². The standard InChI is InChI=1S/C18H24N4O3/c1-20-16(23)11-22-7-4-13-2-3-14(10-15(13)22)21-17(24)18(12-19)5-8-25-9-6-18/h2-4,7,10H,5-6,8-9,11-12,19H2,1H3,(H,20,23)(H,21,24). The Labute approximate surface area is 146 Å². The number of carbonyl (C=O) groups excluding carboxylic acids is 2. The van der Waals surface area contributed by atoms with Crippen LogP contribution in [0.5, 0.6) is 0 Å². The molecule has 1 saturated heterocycles. The van der Waals surface area contributed by atoms with Crippen LogP contribution in [0, 0.1) is 5.41 Å². The van der Waals surface area contributed by atoms with Gasteiger partial charge in [0.05, 0.1) is 10.9 Å². The van der Waals surface area contributed by atoms with E-state index in [1.807, 2.05) is 35.0 Å². The highest BCUT2D eigenvalue weighted by molar-refractivity contribution is 5.97. The van der Waals surface area contributed by atoms with E-state index >= 15 is 0 Å². The number of hydrogen-bond acceptors (Lipinski definition) is 4. The molecule has 0 radical (unpaired) electrons. The summed E-state index contributed by atoms with van der Waals surface area (Å²) in [7, 11) is 1.61. The number of aromatic nitrogens is 1. The topological polar surface area (TPSA) is 98.4 Å². The van der Waals surface area contributed by atoms with E-state index in [0.717, 1.165) is 10.9 Å². The lowest BCUT2D eigenvalue weighted by molar-refractivity contribution is -0.130. The molecule has 1 fully saturated rings. The van der Waals surface area contributed by atoms with Gasteiger partial charge < -0.3 is 25.7 Å². The molecule has 0 spiro atoms. The first-order chi connectivity index (χ1) is 12.1. The first-order valence-corrected chi connectivity index (χ1v) is 8.47. The van der Waals surface area contributed by atoms with Crippen molar-refractivity contribution in [1.29, 1.82) is 0 Å². The van der Waals surface area contributed by atoms with E-state index in [9.17, 15) is 9.59 Å². The molecule has 3 rings (SSSR count). The summed E-state index contributed by atoms with van der Waals surface area (Å²) in [5.74, 6) is -0.140. The number of fused-ring (bicyclic) bond motifs is 1. The molecule has 7 nitrogen and oxygen atoms in total. The predicted molar refractivity (Wildman–Crippen MR) is 96.2 cm³/mol. The minimum absolute atomic E-state index is 0.0675. The van der Waals surface area contributed by atoms with Gasteiger partial charge >= 0.3 is 0 Å². The Hall–Kier alpha value is -2.38. The van der Waals surface area contributed by atoms with Gasteiger partial charge in [-0.15, -0.1) is 0 Å². The fourth-order valence-corrected chi connectivity index (χ4v) is 3.18. The number of ether oxygens (including phenoxy) is 1. The summed E-state index contributed by atoms with van der Waals surface area (Å²) in [6, 6.07) is 7.64. The number of likely N-dealkylation sites (N-methyl/N-ethyl adjacent to an activating group) is 1. The molecule has 0 atom stereocenters. The van der Waals surface area contributed by atoms with E-state index in [-0.39, 0.29) is 18.4 Å². The van der Waals surface area contributed by atoms with Gasteiger partial charge in [-0.3, -0.25) is 9.59 Å². The van der Waals surface area contributed by atoms with Crippen LogP contribution in [0.4, 0.5) is 5.69 Å². The third kappa shape index (κ3) is 3.52. The molecule has 1 aromatic heterocycles. The Morgan fingerprint density at radius 3 is 2.72 bits per heavy atom. The lowest BCUT2D eigenvalue weighted by Crippen LogP contribution is -2.46. The zero-order chi connectivity index (χ0) is 17.9. The van der Waals surface area contributed by atoms with Crippen LogP contribution in [-0.4, -0.2) is 43.2 Å². The third-order valence-corrected chi connectivity index (χ3v) is 4.95. The summed E-state index contributed by atoms with van der Waals surface area (Å²) < 4.78 is 7.22. The van der Waals surface area contributed by atoms with Crippen LogP contribution < -0.4 is 16.4 Å². The SMILES string of the molecule is CNC(=O)Cn1ccc2ccc(NC(=O)C3(CN)CCOCC3)cc21. The number of benzene rings is 1. The summed E-state index contributed by atoms with van der Waals surface area (Å²) in [4.78, 5) is 24.4. The summed E-state index contributed by atoms with van der Waals surface area (Å²) in [5.41, 5.74) is 6.92. The van der Waals surface area contributed by atoms with Gasteiger partial charge in [-0.05, 0) is 36.4 Å². The van der Waals surface area contributed by atoms with E-state index < -0.39 is 5.41 Å². The lowest BCUT2D eigenvalue weighted by Gasteiger charge is -2.34. The van der Waals surface area contributed by atoms with Crippen molar-refractivity contribution < 1.29 is 14.3 Å². The second-order valence-electron chi connectivity index (χ2n) is 6.44. The molecule has 1 aliphatic heterocycles. The third-order valence-electron chi connectivity index (χ3n) is 4.95. The van der Waals surface area contributed by atoms with Gasteiger partial charge in [0.2, 0.25) is 11.8 Å². The number of nitrogens with two attached hydrogens (primary N) is 1. The predicted octanol–water partition coefficient (Wildman–Crippen LogP) is 1.08. The van der Waals surface area contributed by atoms with Crippen LogP contribution in [-0.2, 0) is 20.9 Å². The Balaban J connectivity index is 1.82. The monoisotopic (exact) mass is 344 g/mol. The normalized spacial score (nSPS) is 16.6. The highest BCUT2D eigenvalue weighted by Gasteiger charge is 2.38. The van der Waals surface area contributed by atoms with Crippen molar-refractivity contribution in [2.45, 2.75) is 19.4 Å². The van der Waals surface area contributed by atoms with Gasteiger partial charge in [-0.25, -0.2) is 0 Å². The quantitative estimate of drug-likeness (QED) is 0.756. The molecule has 2 heterocycles. The molecule has 0 aliphatic carbocycles. The highest BCUT2D eigenvalue weighted by Crippen LogP contribution is 2.31. The molecular weight excluding hydrogens is 320 g/mol. The summed E-state index contributed by atoms with van der Waals surface area (Å²) >= 11 is 0. The molecule has 25 heavy (non-hydrogen) atoms. The van der Waals surface area contributed by atoms with E-state index in [1.165, 1.54) is 0 Å². The van der Waals surface area contributed by atoms with E-state index in [1.54, 1.807) is 7.05 Å². The van der Waals surface area contributed by atoms with Gasteiger partial charge in [0.15, 0.2) is 0 Å². The number of anilines is 1. The van der Waals surface area contributed by atoms with E-state index in [0.29, 0.717) is 38.3 Å². The van der Waals surface area contributed by atoms with Crippen molar-refractivity contribution >= 4 is 28.4 Å². The second kappa shape index (κ2) is 7.25. The molecule has 7 heteroatoms. The first kappa shape index (κ1) is 17.4. The molecule has 1 aliphatic rings. The minimum atomic E-state index is -0.572. The second-order valence-corrected chi connectivity index (χ2v) is 6.44. The van der Waals surface area contributed by atoms with Crippen LogP contribution >= 0.6 is 0 Å². The molecule has 0 saturated carbocycles. The molecule has 1 aromatic carbocycles. The average molecular weight is 344 g/mol. The van der Waals surface area contributed by atoms with Gasteiger partial charge in [0.25, 0.3) is 0 Å². The van der Waals surface area contributed by atoms with Crippen molar-refractivity contribution in [3.05, 3.63) is 30.5 Å². The Morgan fingerprint density at radius 2 is 2.04 bits per heavy atom. The maximum Gasteiger partial charge on any atom is 0.239 e. The zero-order valence-corrected chi connectivity index (χ0v) is 14.4. The summed E-state index contributed by atoms with van der Waals surface area (Å²) in [6.07, 6.45) is 3.13. The maximum absolute atomic E-state index is 12.8. The van der Waals surface area contributed by atoms with Crippen LogP contribution in [0.1, 0.15) is 12.8 Å². The fourth-order valence-electron chi connectivity index (χ4n) is 3.18. The van der Waals surface area contributed by atoms with Gasteiger partial charge in [0, 0.05) is 38.7 Å². The zero-order valence-electron chi connectivity index (χ0n) is 14.4. The van der Waals surface area contributed by atoms with Crippen molar-refractivity contribution in [2.24, 2.45) is 11.1 Å². The number of nitrogens with zero attached hydrogens (tertiary/aromatic N) is 1. The fraction of sp³-hybridized carbons (Fsp3) is 0.444. The van der Waals surface area contributed by atoms with Crippen molar-refractivity contribution in [3.63, 3.8) is 0 Å². The Morgan fingerprint density at radius 1 is 1.28 bits per heavy atom. The lowest BCUT2D eigenvalue weighted by atomic mass is 9.79. The van der Waals surface area contributed by atoms with Crippen molar-refractivity contribution in [1.82, 2.24) is 9.88 Å².